The Morgan fingerprint density at radius 1 is 1.41 bits per heavy atom. The van der Waals surface area contributed by atoms with Gasteiger partial charge in [-0.2, -0.15) is 0 Å². The van der Waals surface area contributed by atoms with E-state index in [1.807, 2.05) is 35.2 Å². The average Bonchev–Trinajstić information content (AvgIpc) is 2.53. The molecule has 22 heavy (non-hydrogen) atoms. The van der Waals surface area contributed by atoms with E-state index in [0.717, 1.165) is 17.3 Å². The molecule has 3 rings (SSSR count). The first-order valence-corrected chi connectivity index (χ1v) is 7.15. The predicted molar refractivity (Wildman–Crippen MR) is 88.9 cm³/mol. The van der Waals surface area contributed by atoms with Gasteiger partial charge in [0.1, 0.15) is 5.69 Å². The summed E-state index contributed by atoms with van der Waals surface area (Å²) in [5, 5.41) is 5.22. The summed E-state index contributed by atoms with van der Waals surface area (Å²) in [6.45, 7) is 4.31. The maximum absolute atomic E-state index is 12.6. The Bertz CT molecular complexity index is 677. The maximum Gasteiger partial charge on any atom is 0.272 e. The first-order valence-electron chi connectivity index (χ1n) is 7.15. The summed E-state index contributed by atoms with van der Waals surface area (Å²) in [5.41, 5.74) is 0.444. The molecule has 0 radical (unpaired) electrons. The molecule has 1 atom stereocenters. The third kappa shape index (κ3) is 3.15. The highest BCUT2D eigenvalue weighted by molar-refractivity contribution is 5.98. The number of amides is 1. The Balaban J connectivity index is 0.00000176. The predicted octanol–water partition coefficient (Wildman–Crippen LogP) is 2.10. The summed E-state index contributed by atoms with van der Waals surface area (Å²) in [6.07, 6.45) is 0. The van der Waals surface area contributed by atoms with Crippen molar-refractivity contribution >= 4 is 29.1 Å². The number of halogens is 1. The fourth-order valence-electron chi connectivity index (χ4n) is 2.71. The van der Waals surface area contributed by atoms with Crippen LogP contribution in [0.2, 0.25) is 0 Å². The van der Waals surface area contributed by atoms with Crippen molar-refractivity contribution in [2.75, 3.05) is 26.7 Å². The number of carbonyl (C=O) groups is 1. The van der Waals surface area contributed by atoms with Crippen molar-refractivity contribution in [2.45, 2.75) is 13.0 Å². The lowest BCUT2D eigenvalue weighted by atomic mass is 10.1. The third-order valence-electron chi connectivity index (χ3n) is 3.77. The Labute approximate surface area is 136 Å². The van der Waals surface area contributed by atoms with Crippen LogP contribution in [0.4, 0.5) is 0 Å². The monoisotopic (exact) mass is 321 g/mol. The number of aromatic nitrogens is 1. The summed E-state index contributed by atoms with van der Waals surface area (Å²) in [6, 6.07) is 9.95. The summed E-state index contributed by atoms with van der Waals surface area (Å²) >= 11 is 0. The normalized spacial score (nSPS) is 17.9. The van der Waals surface area contributed by atoms with E-state index in [-0.39, 0.29) is 18.3 Å². The van der Waals surface area contributed by atoms with Crippen LogP contribution in [0, 0.1) is 0 Å². The Morgan fingerprint density at radius 2 is 2.18 bits per heavy atom. The molecule has 1 aromatic carbocycles. The van der Waals surface area contributed by atoms with Gasteiger partial charge in [-0.25, -0.2) is 4.98 Å². The summed E-state index contributed by atoms with van der Waals surface area (Å²) in [4.78, 5) is 18.9. The number of hydrogen-bond donors (Lipinski definition) is 1. The van der Waals surface area contributed by atoms with Crippen LogP contribution in [-0.4, -0.2) is 48.6 Å². The first-order chi connectivity index (χ1) is 10.2. The second kappa shape index (κ2) is 6.94. The van der Waals surface area contributed by atoms with Crippen LogP contribution in [0.5, 0.6) is 5.88 Å². The number of ether oxygens (including phenoxy) is 1. The van der Waals surface area contributed by atoms with Gasteiger partial charge in [-0.3, -0.25) is 4.79 Å². The molecule has 1 aliphatic heterocycles. The van der Waals surface area contributed by atoms with E-state index >= 15 is 0 Å². The Hall–Kier alpha value is -1.85. The largest absolute Gasteiger partial charge is 0.481 e. The van der Waals surface area contributed by atoms with Crippen LogP contribution >= 0.6 is 12.4 Å². The number of nitrogens with one attached hydrogen (secondary N) is 1. The molecule has 1 N–H and O–H groups in total. The van der Waals surface area contributed by atoms with E-state index in [2.05, 4.69) is 17.2 Å². The van der Waals surface area contributed by atoms with E-state index in [9.17, 15) is 4.79 Å². The number of rotatable bonds is 2. The quantitative estimate of drug-likeness (QED) is 0.920. The Kier molecular flexibility index (Phi) is 5.21. The van der Waals surface area contributed by atoms with Crippen molar-refractivity contribution in [3.8, 4) is 5.88 Å². The lowest BCUT2D eigenvalue weighted by Crippen LogP contribution is -2.51. The smallest absolute Gasteiger partial charge is 0.272 e. The lowest BCUT2D eigenvalue weighted by Gasteiger charge is -2.31. The van der Waals surface area contributed by atoms with Crippen LogP contribution in [0.15, 0.2) is 30.3 Å². The second-order valence-corrected chi connectivity index (χ2v) is 5.34. The second-order valence-electron chi connectivity index (χ2n) is 5.34. The van der Waals surface area contributed by atoms with Crippen LogP contribution < -0.4 is 10.1 Å². The highest BCUT2D eigenvalue weighted by Gasteiger charge is 2.23. The van der Waals surface area contributed by atoms with Gasteiger partial charge in [-0.1, -0.05) is 18.2 Å². The highest BCUT2D eigenvalue weighted by atomic mass is 35.5. The van der Waals surface area contributed by atoms with E-state index in [0.29, 0.717) is 30.7 Å². The van der Waals surface area contributed by atoms with Gasteiger partial charge >= 0.3 is 0 Å². The molecule has 2 heterocycles. The summed E-state index contributed by atoms with van der Waals surface area (Å²) in [5.74, 6) is 0.465. The molecule has 0 aliphatic carbocycles. The maximum atomic E-state index is 12.6. The first kappa shape index (κ1) is 16.5. The highest BCUT2D eigenvalue weighted by Crippen LogP contribution is 2.24. The van der Waals surface area contributed by atoms with E-state index in [1.54, 1.807) is 7.11 Å². The van der Waals surface area contributed by atoms with Gasteiger partial charge in [0.25, 0.3) is 5.91 Å². The van der Waals surface area contributed by atoms with Crippen molar-refractivity contribution in [1.82, 2.24) is 15.2 Å². The molecule has 1 saturated heterocycles. The Morgan fingerprint density at radius 3 is 2.91 bits per heavy atom. The summed E-state index contributed by atoms with van der Waals surface area (Å²) < 4.78 is 5.33. The number of carbonyl (C=O) groups excluding carboxylic acids is 1. The molecule has 118 valence electrons. The fourth-order valence-corrected chi connectivity index (χ4v) is 2.71. The zero-order valence-corrected chi connectivity index (χ0v) is 13.5. The van der Waals surface area contributed by atoms with Gasteiger partial charge in [0, 0.05) is 31.1 Å². The van der Waals surface area contributed by atoms with Gasteiger partial charge < -0.3 is 15.0 Å². The van der Waals surface area contributed by atoms with Gasteiger partial charge in [0.15, 0.2) is 0 Å². The van der Waals surface area contributed by atoms with Crippen molar-refractivity contribution in [3.05, 3.63) is 36.0 Å². The zero-order valence-electron chi connectivity index (χ0n) is 12.7. The minimum absolute atomic E-state index is 0. The number of nitrogens with zero attached hydrogens (tertiary/aromatic N) is 2. The zero-order chi connectivity index (χ0) is 14.8. The number of fused-ring (bicyclic) bond motifs is 1. The van der Waals surface area contributed by atoms with E-state index in [1.165, 1.54) is 0 Å². The SMILES string of the molecule is COc1nc(C(=O)N2CCN[C@H](C)C2)cc2ccccc12.Cl. The molecular weight excluding hydrogens is 302 g/mol. The van der Waals surface area contributed by atoms with Crippen molar-refractivity contribution in [2.24, 2.45) is 0 Å². The van der Waals surface area contributed by atoms with E-state index in [4.69, 9.17) is 4.74 Å². The number of pyridine rings is 1. The van der Waals surface area contributed by atoms with Crippen LogP contribution in [0.3, 0.4) is 0 Å². The van der Waals surface area contributed by atoms with Crippen LogP contribution in [0.25, 0.3) is 10.8 Å². The molecule has 0 unspecified atom stereocenters. The van der Waals surface area contributed by atoms with Crippen LogP contribution in [0.1, 0.15) is 17.4 Å². The number of piperazine rings is 1. The third-order valence-corrected chi connectivity index (χ3v) is 3.77. The van der Waals surface area contributed by atoms with Crippen molar-refractivity contribution < 1.29 is 9.53 Å². The molecule has 1 aromatic heterocycles. The minimum atomic E-state index is -0.0348. The molecular formula is C16H20ClN3O2. The topological polar surface area (TPSA) is 54.5 Å². The fraction of sp³-hybridized carbons (Fsp3) is 0.375. The average molecular weight is 322 g/mol. The minimum Gasteiger partial charge on any atom is -0.481 e. The molecule has 5 nitrogen and oxygen atoms in total. The van der Waals surface area contributed by atoms with Gasteiger partial charge in [-0.05, 0) is 24.4 Å². The van der Waals surface area contributed by atoms with Crippen LogP contribution in [-0.2, 0) is 0 Å². The molecule has 0 bridgehead atoms. The molecule has 1 aliphatic rings. The molecule has 1 fully saturated rings. The molecule has 1 amide bonds. The molecule has 0 spiro atoms. The number of benzene rings is 1. The molecule has 6 heteroatoms. The standard InChI is InChI=1S/C16H19N3O2.ClH/c1-11-10-19(8-7-17-11)16(20)14-9-12-5-3-4-6-13(12)15(18-14)21-2;/h3-6,9,11,17H,7-8,10H2,1-2H3;1H/t11-;/m1./s1. The number of methoxy groups -OCH3 is 1. The number of hydrogen-bond acceptors (Lipinski definition) is 4. The molecule has 2 aromatic rings. The van der Waals surface area contributed by atoms with Gasteiger partial charge in [0.2, 0.25) is 5.88 Å². The van der Waals surface area contributed by atoms with Gasteiger partial charge in [-0.15, -0.1) is 12.4 Å². The van der Waals surface area contributed by atoms with Crippen molar-refractivity contribution in [1.29, 1.82) is 0 Å². The summed E-state index contributed by atoms with van der Waals surface area (Å²) in [7, 11) is 1.58. The van der Waals surface area contributed by atoms with E-state index < -0.39 is 0 Å². The van der Waals surface area contributed by atoms with Gasteiger partial charge in [0.05, 0.1) is 7.11 Å². The molecule has 0 saturated carbocycles. The van der Waals surface area contributed by atoms with Crippen molar-refractivity contribution in [3.63, 3.8) is 0 Å². The lowest BCUT2D eigenvalue weighted by molar-refractivity contribution is 0.0702.